The van der Waals surface area contributed by atoms with E-state index in [1.807, 2.05) is 0 Å². The molecule has 20 heteroatoms. The minimum atomic E-state index is -7.76. The molecule has 0 rings (SSSR count). The maximum absolute atomic E-state index is 13.5. The number of aliphatic hydroxyl groups is 1. The summed E-state index contributed by atoms with van der Waals surface area (Å²) in [5, 5.41) is 8.41. The van der Waals surface area contributed by atoms with Gasteiger partial charge in [0.25, 0.3) is 12.6 Å². The van der Waals surface area contributed by atoms with Gasteiger partial charge in [0.05, 0.1) is 0 Å². The minimum absolute atomic E-state index is 0.198. The molecule has 0 saturated heterocycles. The SMILES string of the molecule is C[C@](F)(CO)OC(OC(F)(F)C(F)(F)C(F)(F)C(F)(F)F)C(F)(F)OC(F)C(F)(F)F. The normalized spacial score (nSPS) is 19.2. The molecule has 0 amide bonds. The molecule has 1 N–H and O–H groups in total. The highest BCUT2D eigenvalue weighted by atomic mass is 19.4. The number of ether oxygens (including phenoxy) is 3. The van der Waals surface area contributed by atoms with E-state index in [2.05, 4.69) is 14.2 Å². The summed E-state index contributed by atoms with van der Waals surface area (Å²) in [6.07, 6.45) is -37.8. The van der Waals surface area contributed by atoms with E-state index in [4.69, 9.17) is 5.11 Å². The Kier molecular flexibility index (Phi) is 8.22. The fourth-order valence-electron chi connectivity index (χ4n) is 1.25. The second-order valence-corrected chi connectivity index (χ2v) is 5.53. The van der Waals surface area contributed by atoms with E-state index in [9.17, 15) is 70.2 Å². The Morgan fingerprint density at radius 2 is 1.10 bits per heavy atom. The van der Waals surface area contributed by atoms with Gasteiger partial charge in [0.1, 0.15) is 6.61 Å². The van der Waals surface area contributed by atoms with Crippen LogP contribution in [0.2, 0.25) is 0 Å². The second kappa shape index (κ2) is 8.58. The van der Waals surface area contributed by atoms with Crippen LogP contribution in [0, 0.1) is 0 Å². The average molecular weight is 508 g/mol. The summed E-state index contributed by atoms with van der Waals surface area (Å²) in [4.78, 5) is 0. The number of alkyl halides is 16. The maximum Gasteiger partial charge on any atom is 0.460 e. The van der Waals surface area contributed by atoms with Crippen LogP contribution in [0.15, 0.2) is 0 Å². The highest BCUT2D eigenvalue weighted by molar-refractivity contribution is 4.97. The topological polar surface area (TPSA) is 47.9 Å². The van der Waals surface area contributed by atoms with E-state index in [1.54, 1.807) is 0 Å². The molecular weight excluding hydrogens is 500 g/mol. The summed E-state index contributed by atoms with van der Waals surface area (Å²) in [6.45, 7) is -2.38. The van der Waals surface area contributed by atoms with Crippen LogP contribution < -0.4 is 0 Å². The number of rotatable bonds is 10. The minimum Gasteiger partial charge on any atom is -0.390 e. The predicted octanol–water partition coefficient (Wildman–Crippen LogP) is 4.92. The van der Waals surface area contributed by atoms with Gasteiger partial charge in [-0.2, -0.15) is 61.5 Å². The zero-order valence-corrected chi connectivity index (χ0v) is 14.1. The monoisotopic (exact) mass is 508 g/mol. The predicted molar refractivity (Wildman–Crippen MR) is 60.4 cm³/mol. The van der Waals surface area contributed by atoms with Gasteiger partial charge in [-0.1, -0.05) is 0 Å². The first-order valence-corrected chi connectivity index (χ1v) is 6.87. The lowest BCUT2D eigenvalue weighted by atomic mass is 10.1. The van der Waals surface area contributed by atoms with Crippen LogP contribution in [-0.4, -0.2) is 66.6 Å². The molecule has 0 fully saturated rings. The summed E-state index contributed by atoms with van der Waals surface area (Å²) in [6, 6.07) is 0. The molecule has 3 atom stereocenters. The molecule has 0 heterocycles. The van der Waals surface area contributed by atoms with Crippen LogP contribution >= 0.6 is 0 Å². The number of hydrogen-bond acceptors (Lipinski definition) is 4. The van der Waals surface area contributed by atoms with Crippen molar-refractivity contribution >= 4 is 0 Å². The van der Waals surface area contributed by atoms with E-state index in [0.29, 0.717) is 0 Å². The molecule has 0 aromatic rings. The van der Waals surface area contributed by atoms with Gasteiger partial charge in [-0.15, -0.1) is 0 Å². The zero-order chi connectivity index (χ0) is 25.5. The van der Waals surface area contributed by atoms with Crippen LogP contribution in [0.25, 0.3) is 0 Å². The molecule has 188 valence electrons. The van der Waals surface area contributed by atoms with Crippen molar-refractivity contribution in [2.45, 2.75) is 61.8 Å². The van der Waals surface area contributed by atoms with Crippen molar-refractivity contribution in [2.75, 3.05) is 6.61 Å². The van der Waals surface area contributed by atoms with Crippen LogP contribution in [0.3, 0.4) is 0 Å². The van der Waals surface area contributed by atoms with Gasteiger partial charge in [0.15, 0.2) is 0 Å². The highest BCUT2D eigenvalue weighted by Gasteiger charge is 2.83. The lowest BCUT2D eigenvalue weighted by Crippen LogP contribution is -2.64. The van der Waals surface area contributed by atoms with E-state index in [0.717, 1.165) is 0 Å². The van der Waals surface area contributed by atoms with Gasteiger partial charge >= 0.3 is 36.4 Å². The van der Waals surface area contributed by atoms with Gasteiger partial charge in [0, 0.05) is 0 Å². The van der Waals surface area contributed by atoms with Crippen molar-refractivity contribution in [3.8, 4) is 0 Å². The van der Waals surface area contributed by atoms with Crippen LogP contribution in [0.5, 0.6) is 0 Å². The first-order chi connectivity index (χ1) is 13.3. The Bertz CT molecular complexity index is 597. The average Bonchev–Trinajstić information content (AvgIpc) is 2.51. The van der Waals surface area contributed by atoms with Crippen LogP contribution in [0.1, 0.15) is 6.92 Å². The Balaban J connectivity index is 6.23. The van der Waals surface area contributed by atoms with Crippen molar-refractivity contribution in [3.05, 3.63) is 0 Å². The molecule has 0 saturated carbocycles. The maximum atomic E-state index is 13.5. The van der Waals surface area contributed by atoms with E-state index < -0.39 is 61.5 Å². The van der Waals surface area contributed by atoms with E-state index >= 15 is 0 Å². The van der Waals surface area contributed by atoms with Gasteiger partial charge in [-0.3, -0.25) is 9.47 Å². The van der Waals surface area contributed by atoms with Gasteiger partial charge in [-0.05, 0) is 6.92 Å². The van der Waals surface area contributed by atoms with Gasteiger partial charge in [0.2, 0.25) is 5.85 Å². The Morgan fingerprint density at radius 1 is 0.677 bits per heavy atom. The molecule has 0 aromatic heterocycles. The van der Waals surface area contributed by atoms with Crippen molar-refractivity contribution in [1.29, 1.82) is 0 Å². The third-order valence-corrected chi connectivity index (χ3v) is 2.80. The molecule has 0 radical (unpaired) electrons. The van der Waals surface area contributed by atoms with Crippen LogP contribution in [-0.2, 0) is 14.2 Å². The number of halogens is 16. The quantitative estimate of drug-likeness (QED) is 0.337. The molecule has 0 bridgehead atoms. The molecule has 0 aromatic carbocycles. The summed E-state index contributed by atoms with van der Waals surface area (Å²) in [5.41, 5.74) is 0. The van der Waals surface area contributed by atoms with Crippen molar-refractivity contribution in [1.82, 2.24) is 0 Å². The largest absolute Gasteiger partial charge is 0.460 e. The van der Waals surface area contributed by atoms with E-state index in [1.165, 1.54) is 0 Å². The molecule has 0 spiro atoms. The third-order valence-electron chi connectivity index (χ3n) is 2.80. The molecule has 4 nitrogen and oxygen atoms in total. The Hall–Kier alpha value is -1.28. The summed E-state index contributed by atoms with van der Waals surface area (Å²) in [5.74, 6) is -19.6. The van der Waals surface area contributed by atoms with Crippen molar-refractivity contribution in [2.24, 2.45) is 0 Å². The molecular formula is C11H8F16O4. The second-order valence-electron chi connectivity index (χ2n) is 5.53. The standard InChI is InChI=1S/C11H8F16O4/c1-5(13,2-28)30-4(7(17,18)29-3(12)6(14,15)16)31-11(26,27)9(21,22)8(19,20)10(23,24)25/h3-4,28H,2H2,1H3/t3?,4?,5-/m1/s1. The number of aliphatic hydroxyl groups excluding tert-OH is 1. The Labute approximate surface area is 159 Å². The molecule has 0 aliphatic rings. The fraction of sp³-hybridized carbons (Fsp3) is 1.00. The highest BCUT2D eigenvalue weighted by Crippen LogP contribution is 2.54. The lowest BCUT2D eigenvalue weighted by molar-refractivity contribution is -0.505. The zero-order valence-electron chi connectivity index (χ0n) is 14.1. The van der Waals surface area contributed by atoms with Gasteiger partial charge in [-0.25, -0.2) is 8.78 Å². The molecule has 0 aliphatic heterocycles. The molecule has 0 aliphatic carbocycles. The first kappa shape index (κ1) is 29.7. The van der Waals surface area contributed by atoms with Gasteiger partial charge < -0.3 is 9.84 Å². The third kappa shape index (κ3) is 6.60. The molecule has 2 unspecified atom stereocenters. The lowest BCUT2D eigenvalue weighted by Gasteiger charge is -2.37. The van der Waals surface area contributed by atoms with E-state index in [-0.39, 0.29) is 6.92 Å². The van der Waals surface area contributed by atoms with Crippen molar-refractivity contribution < 1.29 is 89.6 Å². The molecule has 31 heavy (non-hydrogen) atoms. The van der Waals surface area contributed by atoms with Crippen LogP contribution in [0.4, 0.5) is 70.2 Å². The van der Waals surface area contributed by atoms with Crippen molar-refractivity contribution in [3.63, 3.8) is 0 Å². The summed E-state index contributed by atoms with van der Waals surface area (Å²) < 4.78 is 211. The smallest absolute Gasteiger partial charge is 0.390 e. The Morgan fingerprint density at radius 3 is 1.42 bits per heavy atom. The fourth-order valence-corrected chi connectivity index (χ4v) is 1.25. The number of hydrogen-bond donors (Lipinski definition) is 1. The first-order valence-electron chi connectivity index (χ1n) is 6.87. The summed E-state index contributed by atoms with van der Waals surface area (Å²) in [7, 11) is 0. The summed E-state index contributed by atoms with van der Waals surface area (Å²) >= 11 is 0.